The van der Waals surface area contributed by atoms with Crippen molar-refractivity contribution in [3.8, 4) is 5.81 Å². The number of rotatable bonds is 3. The molecule has 0 amide bonds. The van der Waals surface area contributed by atoms with E-state index in [4.69, 9.17) is 0 Å². The molecule has 0 aliphatic carbocycles. The molecule has 0 radical (unpaired) electrons. The van der Waals surface area contributed by atoms with E-state index in [9.17, 15) is 5.26 Å². The average molecular weight is 324 g/mol. The van der Waals surface area contributed by atoms with Crippen LogP contribution >= 0.6 is 7.26 Å². The van der Waals surface area contributed by atoms with Crippen LogP contribution in [0.4, 0.5) is 0 Å². The average Bonchev–Trinajstić information content (AvgIpc) is 2.59. The molecule has 0 heterocycles. The first-order valence-electron chi connectivity index (χ1n) is 6.85. The van der Waals surface area contributed by atoms with Crippen LogP contribution in [0.5, 0.6) is 0 Å². The van der Waals surface area contributed by atoms with Crippen molar-refractivity contribution in [2.45, 2.75) is 0 Å². The molecule has 0 fully saturated rings. The van der Waals surface area contributed by atoms with E-state index in [0.717, 1.165) is 15.9 Å². The summed E-state index contributed by atoms with van der Waals surface area (Å²) < 4.78 is 0. The normalized spacial score (nSPS) is 10.3. The lowest BCUT2D eigenvalue weighted by Gasteiger charge is -2.18. The zero-order chi connectivity index (χ0) is 14.5. The molecule has 3 aromatic carbocycles. The number of nitriles is 1. The lowest BCUT2D eigenvalue weighted by molar-refractivity contribution is -0.00000425. The Labute approximate surface area is 138 Å². The SMILES string of the molecule is N#C[P+](c1ccccc1)(c1ccccc1)c1ccccc1.[Cl-]. The van der Waals surface area contributed by atoms with Gasteiger partial charge in [-0.3, -0.25) is 0 Å². The number of hydrogen-bond acceptors (Lipinski definition) is 1. The second kappa shape index (κ2) is 7.23. The summed E-state index contributed by atoms with van der Waals surface area (Å²) in [7, 11) is -2.23. The van der Waals surface area contributed by atoms with Gasteiger partial charge < -0.3 is 12.4 Å². The summed E-state index contributed by atoms with van der Waals surface area (Å²) in [5.74, 6) is 2.68. The lowest BCUT2D eigenvalue weighted by Crippen LogP contribution is -3.00. The largest absolute Gasteiger partial charge is 1.00 e. The molecule has 3 heteroatoms. The first-order chi connectivity index (χ1) is 10.4. The van der Waals surface area contributed by atoms with Crippen LogP contribution in [0, 0.1) is 11.1 Å². The molecule has 108 valence electrons. The predicted molar refractivity (Wildman–Crippen MR) is 90.8 cm³/mol. The van der Waals surface area contributed by atoms with Crippen LogP contribution in [0.3, 0.4) is 0 Å². The van der Waals surface area contributed by atoms with Crippen molar-refractivity contribution in [3.63, 3.8) is 0 Å². The van der Waals surface area contributed by atoms with Crippen LogP contribution in [-0.2, 0) is 0 Å². The quantitative estimate of drug-likeness (QED) is 0.643. The maximum absolute atomic E-state index is 10.1. The summed E-state index contributed by atoms with van der Waals surface area (Å²) in [4.78, 5) is 0. The Hall–Kier alpha value is -2.13. The van der Waals surface area contributed by atoms with Gasteiger partial charge in [-0.05, 0) is 36.4 Å². The van der Waals surface area contributed by atoms with Gasteiger partial charge in [0.05, 0.1) is 0 Å². The minimum absolute atomic E-state index is 0. The van der Waals surface area contributed by atoms with Crippen molar-refractivity contribution in [2.75, 3.05) is 0 Å². The maximum Gasteiger partial charge on any atom is 0.255 e. The Balaban J connectivity index is 0.00000176. The second-order valence-corrected chi connectivity index (χ2v) is 7.87. The molecule has 0 spiro atoms. The van der Waals surface area contributed by atoms with Crippen molar-refractivity contribution in [1.82, 2.24) is 0 Å². The maximum atomic E-state index is 10.1. The molecular formula is C19H15ClNP. The Morgan fingerprint density at radius 1 is 0.545 bits per heavy atom. The van der Waals surface area contributed by atoms with Gasteiger partial charge in [-0.2, -0.15) is 5.26 Å². The zero-order valence-electron chi connectivity index (χ0n) is 11.9. The summed E-state index contributed by atoms with van der Waals surface area (Å²) >= 11 is 0. The smallest absolute Gasteiger partial charge is 0.255 e. The number of benzene rings is 3. The van der Waals surface area contributed by atoms with Gasteiger partial charge in [0.15, 0.2) is 0 Å². The third-order valence-corrected chi connectivity index (χ3v) is 7.10. The van der Waals surface area contributed by atoms with Crippen molar-refractivity contribution in [3.05, 3.63) is 91.0 Å². The third-order valence-electron chi connectivity index (χ3n) is 3.58. The molecule has 22 heavy (non-hydrogen) atoms. The van der Waals surface area contributed by atoms with Gasteiger partial charge in [0, 0.05) is 0 Å². The fourth-order valence-electron chi connectivity index (χ4n) is 2.58. The first-order valence-corrected chi connectivity index (χ1v) is 8.64. The zero-order valence-corrected chi connectivity index (χ0v) is 13.6. The Morgan fingerprint density at radius 2 is 0.818 bits per heavy atom. The molecule has 0 aliphatic rings. The van der Waals surface area contributed by atoms with Gasteiger partial charge in [-0.1, -0.05) is 54.6 Å². The molecule has 0 aromatic heterocycles. The fraction of sp³-hybridized carbons (Fsp3) is 0. The van der Waals surface area contributed by atoms with Crippen LogP contribution < -0.4 is 28.3 Å². The van der Waals surface area contributed by atoms with Crippen LogP contribution in [-0.4, -0.2) is 0 Å². The third kappa shape index (κ3) is 2.77. The first kappa shape index (κ1) is 16.2. The molecule has 1 nitrogen and oxygen atoms in total. The molecule has 0 atom stereocenters. The summed E-state index contributed by atoms with van der Waals surface area (Å²) in [6, 6.07) is 30.4. The highest BCUT2D eigenvalue weighted by Gasteiger charge is 2.46. The topological polar surface area (TPSA) is 23.8 Å². The van der Waals surface area contributed by atoms with Gasteiger partial charge in [0.25, 0.3) is 5.81 Å². The van der Waals surface area contributed by atoms with E-state index >= 15 is 0 Å². The van der Waals surface area contributed by atoms with Crippen LogP contribution in [0.2, 0.25) is 0 Å². The number of nitrogens with zero attached hydrogens (tertiary/aromatic N) is 1. The van der Waals surface area contributed by atoms with Crippen molar-refractivity contribution >= 4 is 23.2 Å². The molecule has 3 rings (SSSR count). The Kier molecular flexibility index (Phi) is 5.34. The predicted octanol–water partition coefficient (Wildman–Crippen LogP) is 0.466. The highest BCUT2D eigenvalue weighted by molar-refractivity contribution is 7.99. The van der Waals surface area contributed by atoms with Gasteiger partial charge in [0.1, 0.15) is 15.9 Å². The Morgan fingerprint density at radius 3 is 1.05 bits per heavy atom. The monoisotopic (exact) mass is 323 g/mol. The van der Waals surface area contributed by atoms with E-state index in [0.29, 0.717) is 0 Å². The highest BCUT2D eigenvalue weighted by Crippen LogP contribution is 2.53. The molecule has 3 aromatic rings. The highest BCUT2D eigenvalue weighted by atomic mass is 35.5. The lowest BCUT2D eigenvalue weighted by atomic mass is 10.4. The molecule has 0 saturated carbocycles. The van der Waals surface area contributed by atoms with Gasteiger partial charge >= 0.3 is 0 Å². The standard InChI is InChI=1S/C19H15NP.ClH/c20-16-21(17-10-4-1-5-11-17,18-12-6-2-7-13-18)19-14-8-3-9-15-19;/h1-15H;1H/q+1;/p-1. The molecular weight excluding hydrogens is 309 g/mol. The van der Waals surface area contributed by atoms with Gasteiger partial charge in [-0.25, -0.2) is 0 Å². The fourth-order valence-corrected chi connectivity index (χ4v) is 5.67. The van der Waals surface area contributed by atoms with E-state index in [2.05, 4.69) is 42.2 Å². The van der Waals surface area contributed by atoms with Gasteiger partial charge in [0.2, 0.25) is 7.26 Å². The number of halogens is 1. The van der Waals surface area contributed by atoms with E-state index in [1.165, 1.54) is 0 Å². The number of hydrogen-bond donors (Lipinski definition) is 0. The second-order valence-electron chi connectivity index (χ2n) is 4.78. The van der Waals surface area contributed by atoms with Crippen LogP contribution in [0.1, 0.15) is 0 Å². The summed E-state index contributed by atoms with van der Waals surface area (Å²) in [6.07, 6.45) is 0. The van der Waals surface area contributed by atoms with Crippen molar-refractivity contribution < 1.29 is 12.4 Å². The minimum Gasteiger partial charge on any atom is -1.00 e. The molecule has 0 N–H and O–H groups in total. The van der Waals surface area contributed by atoms with E-state index in [-0.39, 0.29) is 12.4 Å². The molecule has 0 saturated heterocycles. The summed E-state index contributed by atoms with van der Waals surface area (Å²) in [5, 5.41) is 13.4. The van der Waals surface area contributed by atoms with E-state index in [1.807, 2.05) is 54.6 Å². The molecule has 0 bridgehead atoms. The van der Waals surface area contributed by atoms with E-state index < -0.39 is 7.26 Å². The van der Waals surface area contributed by atoms with Crippen LogP contribution in [0.15, 0.2) is 91.0 Å². The minimum atomic E-state index is -2.23. The summed E-state index contributed by atoms with van der Waals surface area (Å²) in [6.45, 7) is 0. The van der Waals surface area contributed by atoms with Gasteiger partial charge in [-0.15, -0.1) is 0 Å². The molecule has 0 aliphatic heterocycles. The van der Waals surface area contributed by atoms with Crippen LogP contribution in [0.25, 0.3) is 0 Å². The van der Waals surface area contributed by atoms with E-state index in [1.54, 1.807) is 0 Å². The Bertz CT molecular complexity index is 655. The molecule has 0 unspecified atom stereocenters. The van der Waals surface area contributed by atoms with Crippen molar-refractivity contribution in [2.24, 2.45) is 0 Å². The van der Waals surface area contributed by atoms with Crippen molar-refractivity contribution in [1.29, 1.82) is 5.26 Å². The summed E-state index contributed by atoms with van der Waals surface area (Å²) in [5.41, 5.74) is 0.